The molecule has 0 radical (unpaired) electrons. The topological polar surface area (TPSA) is 48.6 Å². The van der Waals surface area contributed by atoms with Gasteiger partial charge in [-0.1, -0.05) is 129 Å². The molecule has 0 saturated heterocycles. The van der Waals surface area contributed by atoms with Gasteiger partial charge >= 0.3 is 0 Å². The van der Waals surface area contributed by atoms with Crippen LogP contribution in [-0.4, -0.2) is 14.8 Å². The summed E-state index contributed by atoms with van der Waals surface area (Å²) in [6.07, 6.45) is 15.0. The summed E-state index contributed by atoms with van der Waals surface area (Å²) in [6.45, 7) is 9.78. The van der Waals surface area contributed by atoms with Crippen molar-refractivity contribution in [1.29, 1.82) is 0 Å². The number of aromatic hydroxyl groups is 2. The maximum absolute atomic E-state index is 11.3. The van der Waals surface area contributed by atoms with Crippen LogP contribution in [0.1, 0.15) is 58.3 Å². The Kier molecular flexibility index (Phi) is 9.05. The van der Waals surface area contributed by atoms with Crippen molar-refractivity contribution in [2.75, 3.05) is 4.90 Å². The van der Waals surface area contributed by atoms with Crippen molar-refractivity contribution in [3.8, 4) is 28.3 Å². The number of anilines is 2. The second kappa shape index (κ2) is 14.4. The fourth-order valence-corrected chi connectivity index (χ4v) is 8.91. The molecule has 0 fully saturated rings. The summed E-state index contributed by atoms with van der Waals surface area (Å²) in [5, 5.41) is 23.6. The zero-order valence-electron chi connectivity index (χ0n) is 32.7. The Balaban J connectivity index is 1.07. The van der Waals surface area contributed by atoms with Crippen LogP contribution in [0.15, 0.2) is 170 Å². The van der Waals surface area contributed by atoms with E-state index in [4.69, 9.17) is 0 Å². The number of nitrogens with zero attached hydrogens (tertiary/aromatic N) is 2. The van der Waals surface area contributed by atoms with Crippen LogP contribution in [0.4, 0.5) is 11.4 Å². The summed E-state index contributed by atoms with van der Waals surface area (Å²) in [6, 6.07) is 47.4. The molecule has 2 N–H and O–H groups in total. The zero-order valence-corrected chi connectivity index (χ0v) is 32.7. The number of fused-ring (bicyclic) bond motifs is 3. The number of benzene rings is 6. The lowest BCUT2D eigenvalue weighted by Gasteiger charge is -2.33. The molecule has 4 nitrogen and oxygen atoms in total. The van der Waals surface area contributed by atoms with E-state index >= 15 is 0 Å². The molecule has 0 bridgehead atoms. The van der Waals surface area contributed by atoms with E-state index in [0.29, 0.717) is 22.3 Å². The molecule has 0 spiro atoms. The quantitative estimate of drug-likeness (QED) is 0.152. The Morgan fingerprint density at radius 2 is 1.39 bits per heavy atom. The van der Waals surface area contributed by atoms with Crippen LogP contribution in [0.25, 0.3) is 39.9 Å². The number of hydrogen-bond acceptors (Lipinski definition) is 3. The highest BCUT2D eigenvalue weighted by atomic mass is 16.3. The Morgan fingerprint density at radius 3 is 2.05 bits per heavy atom. The minimum absolute atomic E-state index is 0.105. The van der Waals surface area contributed by atoms with Crippen LogP contribution < -0.4 is 4.90 Å². The largest absolute Gasteiger partial charge is 0.507 e. The smallest absolute Gasteiger partial charge is 0.127 e. The van der Waals surface area contributed by atoms with Gasteiger partial charge in [-0.25, -0.2) is 0 Å². The summed E-state index contributed by atoms with van der Waals surface area (Å²) in [5.74, 6) is 0.552. The van der Waals surface area contributed by atoms with E-state index in [1.165, 1.54) is 39.0 Å². The first-order valence-electron chi connectivity index (χ1n) is 19.7. The van der Waals surface area contributed by atoms with E-state index in [0.717, 1.165) is 35.5 Å². The van der Waals surface area contributed by atoms with Crippen molar-refractivity contribution in [3.05, 3.63) is 209 Å². The van der Waals surface area contributed by atoms with E-state index < -0.39 is 0 Å². The first kappa shape index (κ1) is 35.9. The third-order valence-electron chi connectivity index (χ3n) is 12.2. The molecule has 6 aromatic carbocycles. The molecule has 280 valence electrons. The molecule has 0 saturated carbocycles. The lowest BCUT2D eigenvalue weighted by Crippen LogP contribution is -2.24. The number of aromatic nitrogens is 1. The first-order chi connectivity index (χ1) is 27.8. The average molecular weight is 743 g/mol. The normalized spacial score (nSPS) is 17.3. The van der Waals surface area contributed by atoms with E-state index in [-0.39, 0.29) is 22.8 Å². The Morgan fingerprint density at radius 1 is 0.737 bits per heavy atom. The Labute approximate surface area is 335 Å². The van der Waals surface area contributed by atoms with Gasteiger partial charge in [0.1, 0.15) is 11.5 Å². The molecule has 9 rings (SSSR count). The molecule has 2 aliphatic rings. The predicted octanol–water partition coefficient (Wildman–Crippen LogP) is 13.3. The second-order valence-corrected chi connectivity index (χ2v) is 15.6. The van der Waals surface area contributed by atoms with Crippen LogP contribution in [-0.2, 0) is 11.8 Å². The number of rotatable bonds is 8. The van der Waals surface area contributed by atoms with Crippen LogP contribution >= 0.6 is 0 Å². The Bertz CT molecular complexity index is 2710. The van der Waals surface area contributed by atoms with Crippen LogP contribution in [0.5, 0.6) is 11.5 Å². The second-order valence-electron chi connectivity index (χ2n) is 15.6. The molecular weight excluding hydrogens is 697 g/mol. The van der Waals surface area contributed by atoms with Gasteiger partial charge in [-0.2, -0.15) is 0 Å². The van der Waals surface area contributed by atoms with Gasteiger partial charge in [0.05, 0.1) is 5.52 Å². The van der Waals surface area contributed by atoms with Crippen molar-refractivity contribution < 1.29 is 10.2 Å². The molecule has 0 amide bonds. The molecule has 2 atom stereocenters. The molecule has 7 aromatic rings. The molecule has 1 heterocycles. The van der Waals surface area contributed by atoms with Crippen LogP contribution in [0.2, 0.25) is 0 Å². The SMILES string of the molecule is C=Cc1c(C)c(O)c(-c2ccc(N(C3=CCC(C)(c4ccccc4)C=C3)c3ccc(C4C=Cc5c(c6ccccc6n5-c5ccccc5)C4)cc3)cc2)c(C)c1O. The van der Waals surface area contributed by atoms with Gasteiger partial charge in [-0.3, -0.25) is 0 Å². The molecule has 2 aliphatic carbocycles. The standard InChI is InChI=1S/C53H46N2O2/c1-5-45-35(2)52(57)50(36(3)51(45)56)38-22-27-43(28-23-38)54(44-30-32-53(4,33-31-44)40-14-8-6-9-15-40)42-25-20-37(21-26-42)39-24-29-49-47(34-39)46-18-12-13-19-48(46)55(49)41-16-10-7-11-17-41/h5-32,39,56-57H,1,33-34H2,2-4H3. The molecule has 2 unspecified atom stereocenters. The highest BCUT2D eigenvalue weighted by Crippen LogP contribution is 2.45. The van der Waals surface area contributed by atoms with E-state index in [1.807, 2.05) is 26.0 Å². The van der Waals surface area contributed by atoms with Gasteiger partial charge < -0.3 is 19.7 Å². The van der Waals surface area contributed by atoms with Crippen molar-refractivity contribution >= 4 is 34.4 Å². The third kappa shape index (κ3) is 6.18. The van der Waals surface area contributed by atoms with E-state index in [9.17, 15) is 10.2 Å². The van der Waals surface area contributed by atoms with Crippen molar-refractivity contribution in [3.63, 3.8) is 0 Å². The first-order valence-corrected chi connectivity index (χ1v) is 19.7. The number of phenols is 2. The van der Waals surface area contributed by atoms with Crippen LogP contribution in [0.3, 0.4) is 0 Å². The predicted molar refractivity (Wildman–Crippen MR) is 238 cm³/mol. The van der Waals surface area contributed by atoms with Gasteiger partial charge in [0, 0.05) is 67.4 Å². The fraction of sp³-hybridized carbons (Fsp3) is 0.132. The number of para-hydroxylation sites is 2. The average Bonchev–Trinajstić information content (AvgIpc) is 3.59. The lowest BCUT2D eigenvalue weighted by molar-refractivity contribution is 0.454. The summed E-state index contributed by atoms with van der Waals surface area (Å²) in [7, 11) is 0. The summed E-state index contributed by atoms with van der Waals surface area (Å²) < 4.78 is 2.39. The third-order valence-corrected chi connectivity index (χ3v) is 12.2. The summed E-state index contributed by atoms with van der Waals surface area (Å²) in [5.41, 5.74) is 13.9. The van der Waals surface area contributed by atoms with Gasteiger partial charge in [0.2, 0.25) is 0 Å². The summed E-state index contributed by atoms with van der Waals surface area (Å²) >= 11 is 0. The highest BCUT2D eigenvalue weighted by Gasteiger charge is 2.28. The number of hydrogen-bond donors (Lipinski definition) is 2. The van der Waals surface area contributed by atoms with E-state index in [1.54, 1.807) is 6.08 Å². The van der Waals surface area contributed by atoms with Gasteiger partial charge in [0.15, 0.2) is 0 Å². The Hall–Kier alpha value is -6.78. The molecule has 57 heavy (non-hydrogen) atoms. The maximum atomic E-state index is 11.3. The van der Waals surface area contributed by atoms with Gasteiger partial charge in [-0.05, 0) is 104 Å². The van der Waals surface area contributed by atoms with Crippen molar-refractivity contribution in [2.24, 2.45) is 0 Å². The van der Waals surface area contributed by atoms with Gasteiger partial charge in [0.25, 0.3) is 0 Å². The molecule has 1 aromatic heterocycles. The van der Waals surface area contributed by atoms with Crippen molar-refractivity contribution in [1.82, 2.24) is 4.57 Å². The zero-order chi connectivity index (χ0) is 39.3. The monoisotopic (exact) mass is 742 g/mol. The van der Waals surface area contributed by atoms with E-state index in [2.05, 4.69) is 175 Å². The molecular formula is C53H46N2O2. The maximum Gasteiger partial charge on any atom is 0.127 e. The lowest BCUT2D eigenvalue weighted by atomic mass is 9.77. The molecule has 0 aliphatic heterocycles. The molecule has 4 heteroatoms. The minimum atomic E-state index is -0.105. The summed E-state index contributed by atoms with van der Waals surface area (Å²) in [4.78, 5) is 2.31. The van der Waals surface area contributed by atoms with Gasteiger partial charge in [-0.15, -0.1) is 0 Å². The number of allylic oxidation sites excluding steroid dienone is 4. The highest BCUT2D eigenvalue weighted by molar-refractivity contribution is 5.91. The van der Waals surface area contributed by atoms with Crippen LogP contribution in [0, 0.1) is 13.8 Å². The minimum Gasteiger partial charge on any atom is -0.507 e. The fourth-order valence-electron chi connectivity index (χ4n) is 8.91. The van der Waals surface area contributed by atoms with Crippen molar-refractivity contribution in [2.45, 2.75) is 44.9 Å². The number of phenolic OH excluding ortho intramolecular Hbond substituents is 2.